The first kappa shape index (κ1) is 16.9. The predicted molar refractivity (Wildman–Crippen MR) is 90.8 cm³/mol. The lowest BCUT2D eigenvalue weighted by Crippen LogP contribution is -2.44. The summed E-state index contributed by atoms with van der Waals surface area (Å²) in [5.74, 6) is 0.716. The van der Waals surface area contributed by atoms with Crippen LogP contribution in [0, 0.1) is 6.92 Å². The topological polar surface area (TPSA) is 71.5 Å². The molecule has 0 amide bonds. The van der Waals surface area contributed by atoms with Crippen molar-refractivity contribution in [2.75, 3.05) is 23.0 Å². The molecule has 5 nitrogen and oxygen atoms in total. The summed E-state index contributed by atoms with van der Waals surface area (Å²) in [5.41, 5.74) is 2.27. The maximum atomic E-state index is 11.8. The first-order valence-corrected chi connectivity index (χ1v) is 11.6. The van der Waals surface area contributed by atoms with Crippen molar-refractivity contribution in [1.82, 2.24) is 4.90 Å². The van der Waals surface area contributed by atoms with Crippen molar-refractivity contribution in [3.05, 3.63) is 35.4 Å². The summed E-state index contributed by atoms with van der Waals surface area (Å²) in [5, 5.41) is 0. The average Bonchev–Trinajstić information content (AvgIpc) is 3.00. The van der Waals surface area contributed by atoms with E-state index in [0.717, 1.165) is 5.56 Å². The Balaban J connectivity index is 1.83. The Hall–Kier alpha value is -0.920. The van der Waals surface area contributed by atoms with Gasteiger partial charge in [0.25, 0.3) is 0 Å². The standard InChI is InChI=1S/C16H23NO4S2/c1-13-2-4-14(5-3-13)10-17(15-6-8-22(18,19)11-15)16-7-9-23(20,21)12-16/h2-5,15-16H,6-12H2,1H3/t15-,16+. The summed E-state index contributed by atoms with van der Waals surface area (Å²) >= 11 is 0. The smallest absolute Gasteiger partial charge is 0.151 e. The molecule has 3 rings (SSSR count). The van der Waals surface area contributed by atoms with Crippen LogP contribution in [0.3, 0.4) is 0 Å². The van der Waals surface area contributed by atoms with Gasteiger partial charge in [0, 0.05) is 18.6 Å². The van der Waals surface area contributed by atoms with Crippen LogP contribution >= 0.6 is 0 Å². The Labute approximate surface area is 138 Å². The third kappa shape index (κ3) is 4.14. The number of hydrogen-bond acceptors (Lipinski definition) is 5. The molecule has 1 aromatic rings. The van der Waals surface area contributed by atoms with Crippen LogP contribution in [0.25, 0.3) is 0 Å². The molecule has 0 saturated carbocycles. The minimum atomic E-state index is -2.99. The maximum absolute atomic E-state index is 11.8. The Kier molecular flexibility index (Phi) is 4.55. The van der Waals surface area contributed by atoms with Gasteiger partial charge in [0.2, 0.25) is 0 Å². The third-order valence-electron chi connectivity index (χ3n) is 4.84. The summed E-state index contributed by atoms with van der Waals surface area (Å²) in [7, 11) is -5.98. The van der Waals surface area contributed by atoms with Crippen LogP contribution in [0.5, 0.6) is 0 Å². The number of benzene rings is 1. The molecule has 0 aliphatic carbocycles. The molecular formula is C16H23NO4S2. The van der Waals surface area contributed by atoms with Gasteiger partial charge < -0.3 is 0 Å². The molecule has 0 radical (unpaired) electrons. The normalized spacial score (nSPS) is 29.1. The highest BCUT2D eigenvalue weighted by Crippen LogP contribution is 2.27. The number of hydrogen-bond donors (Lipinski definition) is 0. The molecular weight excluding hydrogens is 334 g/mol. The van der Waals surface area contributed by atoms with Crippen molar-refractivity contribution in [1.29, 1.82) is 0 Å². The zero-order valence-electron chi connectivity index (χ0n) is 13.3. The summed E-state index contributed by atoms with van der Waals surface area (Å²) in [6.07, 6.45) is 1.20. The van der Waals surface area contributed by atoms with Crippen molar-refractivity contribution < 1.29 is 16.8 Å². The van der Waals surface area contributed by atoms with Crippen LogP contribution in [0.4, 0.5) is 0 Å². The van der Waals surface area contributed by atoms with E-state index in [4.69, 9.17) is 0 Å². The van der Waals surface area contributed by atoms with E-state index in [2.05, 4.69) is 4.90 Å². The second kappa shape index (κ2) is 6.18. The number of sulfone groups is 2. The van der Waals surface area contributed by atoms with Gasteiger partial charge in [-0.25, -0.2) is 16.8 Å². The van der Waals surface area contributed by atoms with E-state index in [0.29, 0.717) is 19.4 Å². The van der Waals surface area contributed by atoms with Gasteiger partial charge >= 0.3 is 0 Å². The van der Waals surface area contributed by atoms with Gasteiger partial charge in [0.1, 0.15) is 0 Å². The second-order valence-electron chi connectivity index (χ2n) is 6.77. The summed E-state index contributed by atoms with van der Waals surface area (Å²) in [6, 6.07) is 8.00. The summed E-state index contributed by atoms with van der Waals surface area (Å²) < 4.78 is 47.4. The molecule has 23 heavy (non-hydrogen) atoms. The SMILES string of the molecule is Cc1ccc(CN([C@@H]2CCS(=O)(=O)C2)[C@H]2CCS(=O)(=O)C2)cc1. The lowest BCUT2D eigenvalue weighted by molar-refractivity contribution is 0.150. The van der Waals surface area contributed by atoms with Crippen LogP contribution in [-0.2, 0) is 26.2 Å². The van der Waals surface area contributed by atoms with Crippen molar-refractivity contribution in [2.24, 2.45) is 0 Å². The minimum absolute atomic E-state index is 0.0698. The Morgan fingerprint density at radius 1 is 0.913 bits per heavy atom. The highest BCUT2D eigenvalue weighted by Gasteiger charge is 2.39. The van der Waals surface area contributed by atoms with Crippen molar-refractivity contribution in [3.63, 3.8) is 0 Å². The molecule has 2 fully saturated rings. The predicted octanol–water partition coefficient (Wildman–Crippen LogP) is 1.17. The van der Waals surface area contributed by atoms with Crippen LogP contribution in [-0.4, -0.2) is 56.8 Å². The molecule has 1 aromatic carbocycles. The Bertz CT molecular complexity index is 725. The van der Waals surface area contributed by atoms with Gasteiger partial charge in [-0.3, -0.25) is 4.90 Å². The van der Waals surface area contributed by atoms with Gasteiger partial charge in [-0.2, -0.15) is 0 Å². The number of nitrogens with zero attached hydrogens (tertiary/aromatic N) is 1. The minimum Gasteiger partial charge on any atom is -0.291 e. The van der Waals surface area contributed by atoms with E-state index in [9.17, 15) is 16.8 Å². The first-order chi connectivity index (χ1) is 10.7. The van der Waals surface area contributed by atoms with E-state index in [1.165, 1.54) is 5.56 Å². The van der Waals surface area contributed by atoms with Gasteiger partial charge in [-0.1, -0.05) is 29.8 Å². The average molecular weight is 357 g/mol. The van der Waals surface area contributed by atoms with Crippen molar-refractivity contribution >= 4 is 19.7 Å². The fraction of sp³-hybridized carbons (Fsp3) is 0.625. The van der Waals surface area contributed by atoms with Crippen LogP contribution in [0.15, 0.2) is 24.3 Å². The fourth-order valence-corrected chi connectivity index (χ4v) is 7.02. The quantitative estimate of drug-likeness (QED) is 0.809. The van der Waals surface area contributed by atoms with E-state index >= 15 is 0 Å². The van der Waals surface area contributed by atoms with E-state index in [1.807, 2.05) is 31.2 Å². The van der Waals surface area contributed by atoms with E-state index in [-0.39, 0.29) is 35.1 Å². The monoisotopic (exact) mass is 357 g/mol. The Morgan fingerprint density at radius 2 is 1.39 bits per heavy atom. The molecule has 0 unspecified atom stereocenters. The molecule has 0 N–H and O–H groups in total. The van der Waals surface area contributed by atoms with Crippen LogP contribution in [0.1, 0.15) is 24.0 Å². The molecule has 0 spiro atoms. The van der Waals surface area contributed by atoms with Gasteiger partial charge in [-0.05, 0) is 25.3 Å². The lowest BCUT2D eigenvalue weighted by Gasteiger charge is -2.33. The van der Waals surface area contributed by atoms with Crippen LogP contribution in [0.2, 0.25) is 0 Å². The van der Waals surface area contributed by atoms with Crippen molar-refractivity contribution in [3.8, 4) is 0 Å². The zero-order valence-corrected chi connectivity index (χ0v) is 14.9. The highest BCUT2D eigenvalue weighted by molar-refractivity contribution is 7.92. The van der Waals surface area contributed by atoms with Crippen LogP contribution < -0.4 is 0 Å². The van der Waals surface area contributed by atoms with Crippen molar-refractivity contribution in [2.45, 2.75) is 38.4 Å². The molecule has 2 saturated heterocycles. The first-order valence-electron chi connectivity index (χ1n) is 7.96. The second-order valence-corrected chi connectivity index (χ2v) is 11.2. The molecule has 0 bridgehead atoms. The largest absolute Gasteiger partial charge is 0.291 e. The number of aryl methyl sites for hydroxylation is 1. The van der Waals surface area contributed by atoms with E-state index < -0.39 is 19.7 Å². The van der Waals surface area contributed by atoms with Gasteiger partial charge in [0.15, 0.2) is 19.7 Å². The third-order valence-corrected chi connectivity index (χ3v) is 8.34. The number of rotatable bonds is 4. The molecule has 128 valence electrons. The molecule has 2 heterocycles. The fourth-order valence-electron chi connectivity index (χ4n) is 3.53. The highest BCUT2D eigenvalue weighted by atomic mass is 32.2. The summed E-state index contributed by atoms with van der Waals surface area (Å²) in [6.45, 7) is 2.63. The molecule has 7 heteroatoms. The lowest BCUT2D eigenvalue weighted by atomic mass is 10.1. The molecule has 2 aliphatic heterocycles. The van der Waals surface area contributed by atoms with Gasteiger partial charge in [-0.15, -0.1) is 0 Å². The summed E-state index contributed by atoms with van der Waals surface area (Å²) in [4.78, 5) is 2.12. The van der Waals surface area contributed by atoms with Gasteiger partial charge in [0.05, 0.1) is 23.0 Å². The molecule has 2 aliphatic rings. The zero-order chi connectivity index (χ0) is 16.7. The van der Waals surface area contributed by atoms with E-state index in [1.54, 1.807) is 0 Å². The maximum Gasteiger partial charge on any atom is 0.151 e. The molecule has 0 aromatic heterocycles. The Morgan fingerprint density at radius 3 is 1.78 bits per heavy atom. The molecule has 2 atom stereocenters.